The third-order valence-corrected chi connectivity index (χ3v) is 3.23. The van der Waals surface area contributed by atoms with Crippen LogP contribution in [0.5, 0.6) is 0 Å². The molecule has 1 atom stereocenters. The first-order chi connectivity index (χ1) is 5.83. The van der Waals surface area contributed by atoms with Gasteiger partial charge in [-0.2, -0.15) is 11.8 Å². The summed E-state index contributed by atoms with van der Waals surface area (Å²) < 4.78 is 0. The quantitative estimate of drug-likeness (QED) is 0.256. The molecule has 4 nitrogen and oxygen atoms in total. The predicted octanol–water partition coefficient (Wildman–Crippen LogP) is 0.218. The lowest BCUT2D eigenvalue weighted by molar-refractivity contribution is 0.317. The Labute approximate surface area is 76.6 Å². The third kappa shape index (κ3) is 3.32. The van der Waals surface area contributed by atoms with Gasteiger partial charge in [0.1, 0.15) is 0 Å². The van der Waals surface area contributed by atoms with E-state index in [-0.39, 0.29) is 5.84 Å². The summed E-state index contributed by atoms with van der Waals surface area (Å²) in [5, 5.41) is 15.0. The van der Waals surface area contributed by atoms with E-state index in [0.717, 1.165) is 11.8 Å². The maximum atomic E-state index is 8.24. The number of amidine groups is 1. The van der Waals surface area contributed by atoms with Crippen LogP contribution in [-0.2, 0) is 0 Å². The number of nitrogens with zero attached hydrogens (tertiary/aromatic N) is 1. The van der Waals surface area contributed by atoms with Gasteiger partial charge in [-0.15, -0.1) is 0 Å². The molecule has 0 bridgehead atoms. The van der Waals surface area contributed by atoms with Gasteiger partial charge in [0, 0.05) is 11.8 Å². The maximum Gasteiger partial charge on any atom is 0.153 e. The molecule has 70 valence electrons. The topological polar surface area (TPSA) is 70.6 Å². The van der Waals surface area contributed by atoms with Crippen molar-refractivity contribution < 1.29 is 5.21 Å². The summed E-state index contributed by atoms with van der Waals surface area (Å²) in [6, 6.07) is 0. The monoisotopic (exact) mass is 189 g/mol. The van der Waals surface area contributed by atoms with Gasteiger partial charge in [-0.25, -0.2) is 0 Å². The molecule has 1 heterocycles. The molecule has 0 aromatic rings. The van der Waals surface area contributed by atoms with Crippen molar-refractivity contribution in [3.63, 3.8) is 0 Å². The van der Waals surface area contributed by atoms with Gasteiger partial charge in [0.2, 0.25) is 0 Å². The van der Waals surface area contributed by atoms with Crippen LogP contribution in [0.4, 0.5) is 0 Å². The average molecular weight is 189 g/mol. The van der Waals surface area contributed by atoms with E-state index in [2.05, 4.69) is 10.5 Å². The molecule has 0 spiro atoms. The van der Waals surface area contributed by atoms with E-state index >= 15 is 0 Å². The van der Waals surface area contributed by atoms with Crippen LogP contribution in [-0.4, -0.2) is 35.1 Å². The lowest BCUT2D eigenvalue weighted by Crippen LogP contribution is -2.32. The van der Waals surface area contributed by atoms with Crippen LogP contribution >= 0.6 is 11.8 Å². The first kappa shape index (κ1) is 9.67. The summed E-state index contributed by atoms with van der Waals surface area (Å²) in [6.07, 6.45) is 2.61. The van der Waals surface area contributed by atoms with E-state index in [1.807, 2.05) is 11.8 Å². The number of rotatable bonds is 4. The van der Waals surface area contributed by atoms with Crippen molar-refractivity contribution in [2.75, 3.05) is 18.8 Å². The van der Waals surface area contributed by atoms with Crippen molar-refractivity contribution in [2.24, 2.45) is 10.9 Å². The molecule has 1 aliphatic rings. The van der Waals surface area contributed by atoms with Crippen molar-refractivity contribution in [1.29, 1.82) is 0 Å². The molecule has 0 aromatic carbocycles. The zero-order valence-corrected chi connectivity index (χ0v) is 7.81. The van der Waals surface area contributed by atoms with Crippen molar-refractivity contribution >= 4 is 17.6 Å². The number of hydrogen-bond acceptors (Lipinski definition) is 4. The Morgan fingerprint density at radius 3 is 3.17 bits per heavy atom. The van der Waals surface area contributed by atoms with E-state index in [1.54, 1.807) is 0 Å². The van der Waals surface area contributed by atoms with Crippen LogP contribution in [0.2, 0.25) is 0 Å². The predicted molar refractivity (Wildman–Crippen MR) is 51.8 cm³/mol. The highest BCUT2D eigenvalue weighted by molar-refractivity contribution is 8.00. The number of nitrogens with one attached hydrogen (secondary N) is 1. The Kier molecular flexibility index (Phi) is 4.24. The summed E-state index contributed by atoms with van der Waals surface area (Å²) in [6.45, 7) is 1.44. The van der Waals surface area contributed by atoms with Crippen LogP contribution in [0, 0.1) is 0 Å². The molecule has 5 heteroatoms. The largest absolute Gasteiger partial charge is 0.409 e. The van der Waals surface area contributed by atoms with E-state index < -0.39 is 0 Å². The molecule has 1 rings (SSSR count). The second-order valence-corrected chi connectivity index (χ2v) is 4.27. The average Bonchev–Trinajstić information content (AvgIpc) is 2.57. The van der Waals surface area contributed by atoms with Gasteiger partial charge in [-0.1, -0.05) is 5.16 Å². The number of nitrogens with two attached hydrogens (primary N) is 1. The normalized spacial score (nSPS) is 24.7. The zero-order valence-electron chi connectivity index (χ0n) is 6.99. The lowest BCUT2D eigenvalue weighted by atomic mass is 10.2. The highest BCUT2D eigenvalue weighted by atomic mass is 32.2. The fraction of sp³-hybridized carbons (Fsp3) is 0.857. The zero-order chi connectivity index (χ0) is 8.81. The summed E-state index contributed by atoms with van der Waals surface area (Å²) in [5.74, 6) is 1.52. The molecule has 1 unspecified atom stereocenters. The van der Waals surface area contributed by atoms with Crippen molar-refractivity contribution in [3.05, 3.63) is 0 Å². The van der Waals surface area contributed by atoms with Crippen molar-refractivity contribution in [2.45, 2.75) is 18.1 Å². The summed E-state index contributed by atoms with van der Waals surface area (Å²) in [4.78, 5) is 0. The van der Waals surface area contributed by atoms with Crippen LogP contribution < -0.4 is 11.1 Å². The summed E-state index contributed by atoms with van der Waals surface area (Å²) in [5.41, 5.74) is 5.29. The van der Waals surface area contributed by atoms with Crippen LogP contribution in [0.15, 0.2) is 5.16 Å². The molecule has 0 aromatic heterocycles. The van der Waals surface area contributed by atoms with E-state index in [9.17, 15) is 0 Å². The molecular weight excluding hydrogens is 174 g/mol. The molecule has 12 heavy (non-hydrogen) atoms. The van der Waals surface area contributed by atoms with Gasteiger partial charge in [0.15, 0.2) is 5.84 Å². The van der Waals surface area contributed by atoms with E-state index in [4.69, 9.17) is 10.9 Å². The molecule has 4 N–H and O–H groups in total. The van der Waals surface area contributed by atoms with Gasteiger partial charge in [0.25, 0.3) is 0 Å². The van der Waals surface area contributed by atoms with Crippen molar-refractivity contribution in [3.8, 4) is 0 Å². The van der Waals surface area contributed by atoms with Gasteiger partial charge in [-0.05, 0) is 18.6 Å². The first-order valence-corrected chi connectivity index (χ1v) is 5.16. The Hall–Kier alpha value is -0.420. The fourth-order valence-corrected chi connectivity index (χ4v) is 2.44. The Bertz CT molecular complexity index is 157. The van der Waals surface area contributed by atoms with Gasteiger partial charge in [-0.3, -0.25) is 0 Å². The number of oxime groups is 1. The minimum atomic E-state index is 0.248. The standard InChI is InChI=1S/C7H15N3OS/c8-7(10-11)5-9-4-6-2-1-3-12-6/h6,9,11H,1-5H2,(H2,8,10). The SMILES string of the molecule is NC(CNCC1CCCS1)=NO. The second-order valence-electron chi connectivity index (χ2n) is 2.86. The maximum absolute atomic E-state index is 8.24. The fourth-order valence-electron chi connectivity index (χ4n) is 1.20. The Morgan fingerprint density at radius 2 is 2.58 bits per heavy atom. The van der Waals surface area contributed by atoms with Crippen LogP contribution in [0.3, 0.4) is 0 Å². The minimum absolute atomic E-state index is 0.248. The smallest absolute Gasteiger partial charge is 0.153 e. The van der Waals surface area contributed by atoms with Gasteiger partial charge < -0.3 is 16.3 Å². The van der Waals surface area contributed by atoms with Crippen LogP contribution in [0.25, 0.3) is 0 Å². The van der Waals surface area contributed by atoms with E-state index in [0.29, 0.717) is 6.54 Å². The Morgan fingerprint density at radius 1 is 1.75 bits per heavy atom. The molecule has 1 fully saturated rings. The van der Waals surface area contributed by atoms with Crippen LogP contribution in [0.1, 0.15) is 12.8 Å². The molecule has 0 saturated carbocycles. The summed E-state index contributed by atoms with van der Waals surface area (Å²) in [7, 11) is 0. The second kappa shape index (κ2) is 5.27. The van der Waals surface area contributed by atoms with Gasteiger partial charge >= 0.3 is 0 Å². The lowest BCUT2D eigenvalue weighted by Gasteiger charge is -2.08. The number of hydrogen-bond donors (Lipinski definition) is 3. The highest BCUT2D eigenvalue weighted by Gasteiger charge is 2.14. The highest BCUT2D eigenvalue weighted by Crippen LogP contribution is 2.24. The third-order valence-electron chi connectivity index (χ3n) is 1.83. The molecular formula is C7H15N3OS. The molecule has 0 aliphatic carbocycles. The first-order valence-electron chi connectivity index (χ1n) is 4.11. The molecule has 1 aliphatic heterocycles. The van der Waals surface area contributed by atoms with E-state index in [1.165, 1.54) is 18.6 Å². The Balaban J connectivity index is 2.01. The minimum Gasteiger partial charge on any atom is -0.409 e. The molecule has 0 amide bonds. The molecule has 1 saturated heterocycles. The van der Waals surface area contributed by atoms with Gasteiger partial charge in [0.05, 0.1) is 6.54 Å². The molecule has 0 radical (unpaired) electrons. The van der Waals surface area contributed by atoms with Crippen molar-refractivity contribution in [1.82, 2.24) is 5.32 Å². The number of thioether (sulfide) groups is 1. The summed E-state index contributed by atoms with van der Waals surface area (Å²) >= 11 is 2.00.